The summed E-state index contributed by atoms with van der Waals surface area (Å²) in [6, 6.07) is 9.61. The monoisotopic (exact) mass is 875 g/mol. The minimum absolute atomic E-state index is 0.779. The first-order chi connectivity index (χ1) is 30.6. The maximum atomic E-state index is 2.58. The zero-order valence-electron chi connectivity index (χ0n) is 45.1. The van der Waals surface area contributed by atoms with E-state index in [1.807, 2.05) is 0 Å². The molecule has 63 heavy (non-hydrogen) atoms. The molecule has 1 aromatic rings. The van der Waals surface area contributed by atoms with E-state index in [4.69, 9.17) is 0 Å². The third-order valence-electron chi connectivity index (χ3n) is 16.8. The van der Waals surface area contributed by atoms with E-state index in [9.17, 15) is 0 Å². The van der Waals surface area contributed by atoms with Gasteiger partial charge in [0, 0.05) is 0 Å². The van der Waals surface area contributed by atoms with Crippen LogP contribution in [-0.2, 0) is 12.8 Å². The van der Waals surface area contributed by atoms with E-state index < -0.39 is 0 Å². The van der Waals surface area contributed by atoms with Crippen LogP contribution in [-0.4, -0.2) is 0 Å². The van der Waals surface area contributed by atoms with E-state index >= 15 is 0 Å². The number of benzene rings is 1. The standard InChI is InChI=1S/C63H118/c1-10-62(54(4)5)51-61-48-46-59(47-49-61)41-34-33-40-56(7)37-29-23-20-19-22-28-36-55(6)38-30-25-26-31-39-57(8)43-50-63-52-60(45-44-58(63)9)42-32-24-18-16-14-12-11-13-15-17-21-27-35-53(2)3/h46-49,53-58,60,62-63H,10-45,50-52H2,1-9H3/t55?,56?,57?,58?,60?,62-,63?/m0/s1. The Labute approximate surface area is 399 Å². The predicted octanol–water partition coefficient (Wildman–Crippen LogP) is 21.9. The van der Waals surface area contributed by atoms with E-state index in [-0.39, 0.29) is 0 Å². The zero-order valence-corrected chi connectivity index (χ0v) is 45.1. The normalized spacial score (nSPS) is 18.9. The lowest BCUT2D eigenvalue weighted by Gasteiger charge is -2.35. The molecule has 0 amide bonds. The fraction of sp³-hybridized carbons (Fsp3) is 0.905. The van der Waals surface area contributed by atoms with Crippen LogP contribution >= 0.6 is 0 Å². The van der Waals surface area contributed by atoms with Crippen molar-refractivity contribution in [1.29, 1.82) is 0 Å². The van der Waals surface area contributed by atoms with Crippen molar-refractivity contribution in [3.05, 3.63) is 35.4 Å². The molecule has 370 valence electrons. The highest BCUT2D eigenvalue weighted by molar-refractivity contribution is 5.23. The Kier molecular flexibility index (Phi) is 36.3. The van der Waals surface area contributed by atoms with Crippen molar-refractivity contribution in [3.8, 4) is 0 Å². The number of hydrogen-bond donors (Lipinski definition) is 0. The largest absolute Gasteiger partial charge is 0.0651 e. The van der Waals surface area contributed by atoms with Crippen LogP contribution in [0.15, 0.2) is 24.3 Å². The summed E-state index contributed by atoms with van der Waals surface area (Å²) < 4.78 is 0. The van der Waals surface area contributed by atoms with Gasteiger partial charge in [-0.05, 0) is 96.5 Å². The molecule has 0 heteroatoms. The molecule has 0 aromatic heterocycles. The molecule has 0 aliphatic heterocycles. The Morgan fingerprint density at radius 3 is 1.27 bits per heavy atom. The summed E-state index contributed by atoms with van der Waals surface area (Å²) in [5.41, 5.74) is 3.07. The van der Waals surface area contributed by atoms with Crippen LogP contribution in [0.5, 0.6) is 0 Å². The molecule has 7 atom stereocenters. The second-order valence-electron chi connectivity index (χ2n) is 23.9. The topological polar surface area (TPSA) is 0 Å². The van der Waals surface area contributed by atoms with Crippen molar-refractivity contribution in [2.45, 2.75) is 313 Å². The molecule has 1 aliphatic rings. The van der Waals surface area contributed by atoms with Gasteiger partial charge in [0.25, 0.3) is 0 Å². The maximum absolute atomic E-state index is 2.58. The van der Waals surface area contributed by atoms with Crippen LogP contribution in [0.4, 0.5) is 0 Å². The molecule has 0 saturated heterocycles. The van der Waals surface area contributed by atoms with Crippen molar-refractivity contribution < 1.29 is 0 Å². The van der Waals surface area contributed by atoms with E-state index in [2.05, 4.69) is 86.6 Å². The van der Waals surface area contributed by atoms with E-state index in [0.717, 1.165) is 53.3 Å². The minimum Gasteiger partial charge on any atom is -0.0651 e. The van der Waals surface area contributed by atoms with Gasteiger partial charge in [-0.25, -0.2) is 0 Å². The van der Waals surface area contributed by atoms with Crippen molar-refractivity contribution in [2.75, 3.05) is 0 Å². The summed E-state index contributed by atoms with van der Waals surface area (Å²) in [6.45, 7) is 22.0. The Morgan fingerprint density at radius 1 is 0.429 bits per heavy atom. The molecule has 1 saturated carbocycles. The van der Waals surface area contributed by atoms with Gasteiger partial charge in [0.05, 0.1) is 0 Å². The Bertz CT molecular complexity index is 1100. The molecule has 0 spiro atoms. The van der Waals surface area contributed by atoms with E-state index in [0.29, 0.717) is 0 Å². The van der Waals surface area contributed by atoms with Gasteiger partial charge in [-0.3, -0.25) is 0 Å². The SMILES string of the molecule is CC[C@@H](Cc1ccc(CCCCC(C)CCCCCCCCC(C)CCCCCCC(C)CCC2CC(CCCCCCCCCCCCCCC(C)C)CCC2C)cc1)C(C)C. The lowest BCUT2D eigenvalue weighted by molar-refractivity contribution is 0.165. The van der Waals surface area contributed by atoms with Gasteiger partial charge in [0.1, 0.15) is 0 Å². The zero-order chi connectivity index (χ0) is 45.8. The van der Waals surface area contributed by atoms with Crippen LogP contribution in [0.25, 0.3) is 0 Å². The average Bonchev–Trinajstić information content (AvgIpc) is 3.26. The summed E-state index contributed by atoms with van der Waals surface area (Å²) in [7, 11) is 0. The van der Waals surface area contributed by atoms with Crippen LogP contribution in [0.2, 0.25) is 0 Å². The molecule has 1 aromatic carbocycles. The van der Waals surface area contributed by atoms with Crippen LogP contribution in [0, 0.1) is 53.3 Å². The molecular formula is C63H118. The number of hydrogen-bond acceptors (Lipinski definition) is 0. The van der Waals surface area contributed by atoms with E-state index in [1.54, 1.807) is 6.42 Å². The third kappa shape index (κ3) is 32.5. The fourth-order valence-corrected chi connectivity index (χ4v) is 11.7. The van der Waals surface area contributed by atoms with Crippen molar-refractivity contribution >= 4 is 0 Å². The quantitative estimate of drug-likeness (QED) is 0.0574. The molecule has 6 unspecified atom stereocenters. The number of aryl methyl sites for hydroxylation is 1. The molecular weight excluding hydrogens is 757 g/mol. The highest BCUT2D eigenvalue weighted by Crippen LogP contribution is 2.39. The number of unbranched alkanes of at least 4 members (excludes halogenated alkanes) is 20. The third-order valence-corrected chi connectivity index (χ3v) is 16.8. The van der Waals surface area contributed by atoms with Gasteiger partial charge in [-0.1, -0.05) is 305 Å². The molecule has 0 radical (unpaired) electrons. The van der Waals surface area contributed by atoms with Crippen LogP contribution < -0.4 is 0 Å². The lowest BCUT2D eigenvalue weighted by Crippen LogP contribution is -2.23. The van der Waals surface area contributed by atoms with Gasteiger partial charge >= 0.3 is 0 Å². The van der Waals surface area contributed by atoms with Gasteiger partial charge in [-0.15, -0.1) is 0 Å². The summed E-state index contributed by atoms with van der Waals surface area (Å²) in [5.74, 6) is 8.30. The maximum Gasteiger partial charge on any atom is -0.0248 e. The summed E-state index contributed by atoms with van der Waals surface area (Å²) in [5, 5.41) is 0. The van der Waals surface area contributed by atoms with Gasteiger partial charge < -0.3 is 0 Å². The molecule has 2 rings (SSSR count). The smallest absolute Gasteiger partial charge is 0.0248 e. The summed E-state index contributed by atoms with van der Waals surface area (Å²) >= 11 is 0. The van der Waals surface area contributed by atoms with Gasteiger partial charge in [0.2, 0.25) is 0 Å². The average molecular weight is 876 g/mol. The molecule has 0 N–H and O–H groups in total. The summed E-state index contributed by atoms with van der Waals surface area (Å²) in [6.07, 6.45) is 56.9. The Morgan fingerprint density at radius 2 is 0.825 bits per heavy atom. The second kappa shape index (κ2) is 39.2. The van der Waals surface area contributed by atoms with Gasteiger partial charge in [-0.2, -0.15) is 0 Å². The second-order valence-corrected chi connectivity index (χ2v) is 23.9. The van der Waals surface area contributed by atoms with Crippen LogP contribution in [0.3, 0.4) is 0 Å². The Hall–Kier alpha value is -0.780. The predicted molar refractivity (Wildman–Crippen MR) is 287 cm³/mol. The molecule has 0 nitrogen and oxygen atoms in total. The highest BCUT2D eigenvalue weighted by atomic mass is 14.3. The lowest BCUT2D eigenvalue weighted by atomic mass is 9.71. The van der Waals surface area contributed by atoms with E-state index in [1.165, 1.54) is 255 Å². The van der Waals surface area contributed by atoms with Crippen molar-refractivity contribution in [2.24, 2.45) is 53.3 Å². The minimum atomic E-state index is 0.779. The highest BCUT2D eigenvalue weighted by Gasteiger charge is 2.27. The fourth-order valence-electron chi connectivity index (χ4n) is 11.7. The molecule has 1 aliphatic carbocycles. The number of rotatable bonds is 43. The summed E-state index contributed by atoms with van der Waals surface area (Å²) in [4.78, 5) is 0. The van der Waals surface area contributed by atoms with Crippen LogP contribution in [0.1, 0.15) is 311 Å². The molecule has 1 fully saturated rings. The first kappa shape index (κ1) is 58.3. The van der Waals surface area contributed by atoms with Crippen molar-refractivity contribution in [1.82, 2.24) is 0 Å². The molecule has 0 bridgehead atoms. The van der Waals surface area contributed by atoms with Gasteiger partial charge in [0.15, 0.2) is 0 Å². The molecule has 0 heterocycles. The first-order valence-corrected chi connectivity index (χ1v) is 29.6. The first-order valence-electron chi connectivity index (χ1n) is 29.6. The Balaban J connectivity index is 1.34. The van der Waals surface area contributed by atoms with Crippen molar-refractivity contribution in [3.63, 3.8) is 0 Å².